The Morgan fingerprint density at radius 1 is 0.875 bits per heavy atom. The van der Waals surface area contributed by atoms with Gasteiger partial charge >= 0.3 is 0 Å². The first-order valence-electron chi connectivity index (χ1n) is 7.76. The number of hydrogen-bond acceptors (Lipinski definition) is 2. The van der Waals surface area contributed by atoms with Crippen LogP contribution in [0.2, 0.25) is 0 Å². The zero-order chi connectivity index (χ0) is 17.5. The summed E-state index contributed by atoms with van der Waals surface area (Å²) in [6.07, 6.45) is 3.46. The molecule has 0 aromatic heterocycles. The highest BCUT2D eigenvalue weighted by Crippen LogP contribution is 2.40. The van der Waals surface area contributed by atoms with E-state index in [1.54, 1.807) is 19.1 Å². The van der Waals surface area contributed by atoms with Gasteiger partial charge in [0.25, 0.3) is 0 Å². The summed E-state index contributed by atoms with van der Waals surface area (Å²) in [4.78, 5) is -0.298. The Balaban J connectivity index is 2.09. The van der Waals surface area contributed by atoms with E-state index in [1.165, 1.54) is 18.2 Å². The van der Waals surface area contributed by atoms with Gasteiger partial charge in [-0.3, -0.25) is 0 Å². The number of aryl methyl sites for hydroxylation is 1. The fourth-order valence-corrected chi connectivity index (χ4v) is 3.88. The molecule has 0 bridgehead atoms. The Bertz CT molecular complexity index is 944. The molecule has 1 aliphatic rings. The first-order chi connectivity index (χ1) is 11.3. The fourth-order valence-electron chi connectivity index (χ4n) is 3.15. The van der Waals surface area contributed by atoms with Gasteiger partial charge in [-0.05, 0) is 72.2 Å². The van der Waals surface area contributed by atoms with E-state index in [2.05, 4.69) is 0 Å². The summed E-state index contributed by atoms with van der Waals surface area (Å²) < 4.78 is 51.1. The molecule has 24 heavy (non-hydrogen) atoms. The summed E-state index contributed by atoms with van der Waals surface area (Å²) in [5.41, 5.74) is 4.01. The monoisotopic (exact) mass is 348 g/mol. The number of sulfone groups is 1. The van der Waals surface area contributed by atoms with Gasteiger partial charge in [-0.1, -0.05) is 18.2 Å². The van der Waals surface area contributed by atoms with Crippen LogP contribution in [0.15, 0.2) is 41.3 Å². The molecule has 1 aliphatic carbocycles. The molecule has 0 aliphatic heterocycles. The number of allylic oxidation sites excluding steroid dienone is 2. The third-order valence-corrected chi connectivity index (χ3v) is 5.55. The van der Waals surface area contributed by atoms with Crippen molar-refractivity contribution in [3.8, 4) is 0 Å². The molecule has 3 rings (SSSR count). The van der Waals surface area contributed by atoms with Crippen molar-refractivity contribution in [2.45, 2.75) is 31.1 Å². The number of hydrogen-bond donors (Lipinski definition) is 0. The van der Waals surface area contributed by atoms with Crippen LogP contribution < -0.4 is 0 Å². The summed E-state index contributed by atoms with van der Waals surface area (Å²) in [5, 5.41) is 0. The van der Waals surface area contributed by atoms with Crippen LogP contribution in [0.5, 0.6) is 0 Å². The van der Waals surface area contributed by atoms with E-state index in [9.17, 15) is 17.2 Å². The van der Waals surface area contributed by atoms with E-state index >= 15 is 0 Å². The summed E-state index contributed by atoms with van der Waals surface area (Å²) in [7, 11) is -3.59. The summed E-state index contributed by atoms with van der Waals surface area (Å²) >= 11 is 0. The number of rotatable bonds is 3. The minimum absolute atomic E-state index is 0.259. The number of halogens is 2. The predicted molar refractivity (Wildman–Crippen MR) is 91.3 cm³/mol. The van der Waals surface area contributed by atoms with Crippen LogP contribution in [0.3, 0.4) is 0 Å². The van der Waals surface area contributed by atoms with Gasteiger partial charge in [-0.15, -0.1) is 0 Å². The maximum atomic E-state index is 14.2. The van der Waals surface area contributed by atoms with E-state index in [1.807, 2.05) is 6.07 Å². The van der Waals surface area contributed by atoms with Crippen molar-refractivity contribution in [2.24, 2.45) is 0 Å². The molecular formula is C19H18F2O2S. The Morgan fingerprint density at radius 3 is 1.92 bits per heavy atom. The highest BCUT2D eigenvalue weighted by Gasteiger charge is 2.21. The lowest BCUT2D eigenvalue weighted by Gasteiger charge is -2.11. The van der Waals surface area contributed by atoms with Gasteiger partial charge in [-0.2, -0.15) is 0 Å². The molecule has 0 fully saturated rings. The zero-order valence-electron chi connectivity index (χ0n) is 13.6. The third-order valence-electron chi connectivity index (χ3n) is 4.42. The third kappa shape index (κ3) is 3.13. The first-order valence-corrected chi connectivity index (χ1v) is 9.65. The molecule has 0 atom stereocenters. The van der Waals surface area contributed by atoms with Crippen LogP contribution >= 0.6 is 0 Å². The summed E-state index contributed by atoms with van der Waals surface area (Å²) in [6, 6.07) is 9.32. The Labute approximate surface area is 140 Å². The van der Waals surface area contributed by atoms with Crippen molar-refractivity contribution in [3.63, 3.8) is 0 Å². The molecular weight excluding hydrogens is 330 g/mol. The van der Waals surface area contributed by atoms with Gasteiger partial charge in [0.15, 0.2) is 9.84 Å². The molecule has 2 aromatic rings. The van der Waals surface area contributed by atoms with Crippen molar-refractivity contribution in [2.75, 3.05) is 6.26 Å². The Hall–Kier alpha value is -2.01. The van der Waals surface area contributed by atoms with Crippen molar-refractivity contribution >= 4 is 21.0 Å². The zero-order valence-corrected chi connectivity index (χ0v) is 14.4. The molecule has 0 saturated heterocycles. The molecule has 0 N–H and O–H groups in total. The highest BCUT2D eigenvalue weighted by molar-refractivity contribution is 7.90. The first kappa shape index (κ1) is 16.8. The van der Waals surface area contributed by atoms with Crippen LogP contribution in [0, 0.1) is 18.6 Å². The van der Waals surface area contributed by atoms with Gasteiger partial charge in [0.2, 0.25) is 0 Å². The van der Waals surface area contributed by atoms with E-state index < -0.39 is 15.7 Å². The Kier molecular flexibility index (Phi) is 4.30. The largest absolute Gasteiger partial charge is 0.224 e. The lowest BCUT2D eigenvalue weighted by Crippen LogP contribution is -2.01. The molecule has 5 heteroatoms. The van der Waals surface area contributed by atoms with Crippen LogP contribution in [-0.4, -0.2) is 14.7 Å². The van der Waals surface area contributed by atoms with Gasteiger partial charge < -0.3 is 0 Å². The van der Waals surface area contributed by atoms with Gasteiger partial charge in [0, 0.05) is 6.26 Å². The molecule has 2 aromatic carbocycles. The smallest absolute Gasteiger partial charge is 0.178 e. The average Bonchev–Trinajstić information content (AvgIpc) is 2.98. The normalized spacial score (nSPS) is 15.2. The lowest BCUT2D eigenvalue weighted by molar-refractivity contribution is 0.570. The maximum absolute atomic E-state index is 14.2. The van der Waals surface area contributed by atoms with Gasteiger partial charge in [0.05, 0.1) is 0 Å². The summed E-state index contributed by atoms with van der Waals surface area (Å²) in [6.45, 7) is 1.71. The topological polar surface area (TPSA) is 34.1 Å². The standard InChI is InChI=1S/C19H18F2O2S/c1-12-6-7-13(10-17(12)20)15-4-3-5-16(15)14-8-9-19(18(21)11-14)24(2,22)23/h6-11H,3-5H2,1-2H3. The van der Waals surface area contributed by atoms with Crippen molar-refractivity contribution in [1.82, 2.24) is 0 Å². The molecule has 0 spiro atoms. The maximum Gasteiger partial charge on any atom is 0.178 e. The fraction of sp³-hybridized carbons (Fsp3) is 0.263. The second kappa shape index (κ2) is 6.13. The van der Waals surface area contributed by atoms with Gasteiger partial charge in [-0.25, -0.2) is 17.2 Å². The van der Waals surface area contributed by atoms with Crippen molar-refractivity contribution < 1.29 is 17.2 Å². The molecule has 0 amide bonds. The van der Waals surface area contributed by atoms with Crippen LogP contribution in [0.1, 0.15) is 36.0 Å². The number of benzene rings is 2. The second-order valence-electron chi connectivity index (χ2n) is 6.19. The van der Waals surface area contributed by atoms with E-state index in [0.29, 0.717) is 11.1 Å². The SMILES string of the molecule is Cc1ccc(C2=C(c3ccc(S(C)(=O)=O)c(F)c3)CCC2)cc1F. The predicted octanol–water partition coefficient (Wildman–Crippen LogP) is 4.77. The van der Waals surface area contributed by atoms with Gasteiger partial charge in [0.1, 0.15) is 16.5 Å². The van der Waals surface area contributed by atoms with Crippen LogP contribution in [0.4, 0.5) is 8.78 Å². The van der Waals surface area contributed by atoms with E-state index in [4.69, 9.17) is 0 Å². The quantitative estimate of drug-likeness (QED) is 0.800. The van der Waals surface area contributed by atoms with E-state index in [-0.39, 0.29) is 10.7 Å². The molecule has 2 nitrogen and oxygen atoms in total. The minimum Gasteiger partial charge on any atom is -0.224 e. The van der Waals surface area contributed by atoms with Crippen LogP contribution in [-0.2, 0) is 9.84 Å². The Morgan fingerprint density at radius 2 is 1.42 bits per heavy atom. The summed E-state index contributed by atoms with van der Waals surface area (Å²) in [5.74, 6) is -1.01. The average molecular weight is 348 g/mol. The van der Waals surface area contributed by atoms with Crippen molar-refractivity contribution in [1.29, 1.82) is 0 Å². The highest BCUT2D eigenvalue weighted by atomic mass is 32.2. The molecule has 0 heterocycles. The lowest BCUT2D eigenvalue weighted by atomic mass is 9.96. The van der Waals surface area contributed by atoms with Crippen LogP contribution in [0.25, 0.3) is 11.1 Å². The van der Waals surface area contributed by atoms with Crippen molar-refractivity contribution in [3.05, 3.63) is 64.7 Å². The molecule has 0 saturated carbocycles. The molecule has 126 valence electrons. The minimum atomic E-state index is -3.59. The molecule has 0 radical (unpaired) electrons. The second-order valence-corrected chi connectivity index (χ2v) is 8.18. The van der Waals surface area contributed by atoms with E-state index in [0.717, 1.165) is 42.2 Å². The molecule has 0 unspecified atom stereocenters.